The topological polar surface area (TPSA) is 77.8 Å². The van der Waals surface area contributed by atoms with E-state index in [2.05, 4.69) is 5.32 Å². The molecule has 0 fully saturated rings. The maximum absolute atomic E-state index is 12.7. The Labute approximate surface area is 183 Å². The van der Waals surface area contributed by atoms with Crippen molar-refractivity contribution < 1.29 is 18.7 Å². The molecule has 0 spiro atoms. The first-order valence-corrected chi connectivity index (χ1v) is 9.85. The molecule has 0 saturated carbocycles. The summed E-state index contributed by atoms with van der Waals surface area (Å²) in [6.45, 7) is 1.79. The van der Waals surface area contributed by atoms with Crippen molar-refractivity contribution in [2.45, 2.75) is 6.92 Å². The van der Waals surface area contributed by atoms with E-state index in [4.69, 9.17) is 25.5 Å². The molecule has 6 nitrogen and oxygen atoms in total. The number of benzene rings is 3. The first-order chi connectivity index (χ1) is 15.0. The summed E-state index contributed by atoms with van der Waals surface area (Å²) >= 11 is 6.08. The molecule has 31 heavy (non-hydrogen) atoms. The van der Waals surface area contributed by atoms with Crippen molar-refractivity contribution in [3.63, 3.8) is 0 Å². The van der Waals surface area contributed by atoms with Crippen LogP contribution in [0.1, 0.15) is 5.56 Å². The number of ether oxygens (including phenoxy) is 2. The van der Waals surface area contributed by atoms with Gasteiger partial charge in [0.05, 0.1) is 10.4 Å². The highest BCUT2D eigenvalue weighted by molar-refractivity contribution is 6.32. The molecule has 3 aromatic carbocycles. The Kier molecular flexibility index (Phi) is 5.91. The van der Waals surface area contributed by atoms with Crippen molar-refractivity contribution in [1.82, 2.24) is 0 Å². The molecule has 0 atom stereocenters. The highest BCUT2D eigenvalue weighted by Crippen LogP contribution is 2.29. The number of carbonyl (C=O) groups excluding carboxylic acids is 1. The fourth-order valence-electron chi connectivity index (χ4n) is 2.88. The molecule has 0 unspecified atom stereocenters. The number of anilines is 1. The van der Waals surface area contributed by atoms with Gasteiger partial charge in [-0.15, -0.1) is 0 Å². The lowest BCUT2D eigenvalue weighted by atomic mass is 10.2. The molecule has 4 aromatic rings. The Bertz CT molecular complexity index is 1300. The Morgan fingerprint density at radius 1 is 1.03 bits per heavy atom. The SMILES string of the molecule is Cc1ccc(NC(=O)COc2ccc3c(=O)c(Oc4ccccc4Cl)coc3c2)cc1. The number of para-hydroxylation sites is 1. The monoisotopic (exact) mass is 435 g/mol. The van der Waals surface area contributed by atoms with Gasteiger partial charge >= 0.3 is 0 Å². The number of fused-ring (bicyclic) bond motifs is 1. The van der Waals surface area contributed by atoms with Crippen LogP contribution >= 0.6 is 11.6 Å². The normalized spacial score (nSPS) is 10.6. The van der Waals surface area contributed by atoms with Gasteiger partial charge in [-0.3, -0.25) is 9.59 Å². The highest BCUT2D eigenvalue weighted by atomic mass is 35.5. The number of aryl methyl sites for hydroxylation is 1. The number of halogens is 1. The predicted octanol–water partition coefficient (Wildman–Crippen LogP) is 5.56. The number of hydrogen-bond acceptors (Lipinski definition) is 5. The van der Waals surface area contributed by atoms with Crippen LogP contribution in [-0.4, -0.2) is 12.5 Å². The van der Waals surface area contributed by atoms with Crippen LogP contribution in [0, 0.1) is 6.92 Å². The maximum atomic E-state index is 12.7. The summed E-state index contributed by atoms with van der Waals surface area (Å²) in [6, 6.07) is 19.0. The van der Waals surface area contributed by atoms with E-state index >= 15 is 0 Å². The van der Waals surface area contributed by atoms with Gasteiger partial charge in [-0.1, -0.05) is 41.4 Å². The molecule has 0 aliphatic heterocycles. The van der Waals surface area contributed by atoms with Crippen molar-refractivity contribution in [3.05, 3.63) is 93.8 Å². The van der Waals surface area contributed by atoms with Gasteiger partial charge in [-0.25, -0.2) is 0 Å². The van der Waals surface area contributed by atoms with E-state index in [9.17, 15) is 9.59 Å². The number of nitrogens with one attached hydrogen (secondary N) is 1. The van der Waals surface area contributed by atoms with Crippen molar-refractivity contribution in [1.29, 1.82) is 0 Å². The molecule has 0 bridgehead atoms. The molecule has 0 aliphatic carbocycles. The Morgan fingerprint density at radius 3 is 2.58 bits per heavy atom. The summed E-state index contributed by atoms with van der Waals surface area (Å²) in [5, 5.41) is 3.46. The molecule has 1 aromatic heterocycles. The smallest absolute Gasteiger partial charge is 0.262 e. The van der Waals surface area contributed by atoms with Crippen LogP contribution in [0.4, 0.5) is 5.69 Å². The minimum absolute atomic E-state index is 0.0201. The van der Waals surface area contributed by atoms with Gasteiger partial charge in [0.1, 0.15) is 23.3 Å². The van der Waals surface area contributed by atoms with Gasteiger partial charge in [-0.2, -0.15) is 0 Å². The summed E-state index contributed by atoms with van der Waals surface area (Å²) in [4.78, 5) is 24.8. The van der Waals surface area contributed by atoms with Crippen LogP contribution < -0.4 is 20.2 Å². The molecular weight excluding hydrogens is 418 g/mol. The third kappa shape index (κ3) is 4.87. The molecule has 0 radical (unpaired) electrons. The van der Waals surface area contributed by atoms with Crippen molar-refractivity contribution >= 4 is 34.2 Å². The Morgan fingerprint density at radius 2 is 1.81 bits per heavy atom. The summed E-state index contributed by atoms with van der Waals surface area (Å²) in [6.07, 6.45) is 1.22. The lowest BCUT2D eigenvalue weighted by Crippen LogP contribution is -2.20. The van der Waals surface area contributed by atoms with Gasteiger partial charge in [0, 0.05) is 11.8 Å². The number of carbonyl (C=O) groups is 1. The zero-order chi connectivity index (χ0) is 21.8. The Balaban J connectivity index is 1.46. The zero-order valence-corrected chi connectivity index (χ0v) is 17.3. The third-order valence-electron chi connectivity index (χ3n) is 4.48. The second-order valence-electron chi connectivity index (χ2n) is 6.82. The minimum Gasteiger partial charge on any atom is -0.484 e. The zero-order valence-electron chi connectivity index (χ0n) is 16.6. The minimum atomic E-state index is -0.343. The van der Waals surface area contributed by atoms with Crippen LogP contribution in [0.15, 0.2) is 82.2 Å². The molecule has 7 heteroatoms. The summed E-state index contributed by atoms with van der Waals surface area (Å²) in [5.41, 5.74) is 1.76. The van der Waals surface area contributed by atoms with Crippen LogP contribution in [-0.2, 0) is 4.79 Å². The number of hydrogen-bond donors (Lipinski definition) is 1. The molecule has 4 rings (SSSR count). The fourth-order valence-corrected chi connectivity index (χ4v) is 3.05. The van der Waals surface area contributed by atoms with Gasteiger partial charge in [0.15, 0.2) is 6.61 Å². The first kappa shape index (κ1) is 20.5. The summed E-state index contributed by atoms with van der Waals surface area (Å²) < 4.78 is 16.7. The summed E-state index contributed by atoms with van der Waals surface area (Å²) in [5.74, 6) is 0.477. The van der Waals surface area contributed by atoms with E-state index < -0.39 is 0 Å². The van der Waals surface area contributed by atoms with Crippen molar-refractivity contribution in [2.75, 3.05) is 11.9 Å². The number of rotatable bonds is 6. The maximum Gasteiger partial charge on any atom is 0.262 e. The average molecular weight is 436 g/mol. The third-order valence-corrected chi connectivity index (χ3v) is 4.79. The van der Waals surface area contributed by atoms with E-state index in [1.807, 2.05) is 31.2 Å². The van der Waals surface area contributed by atoms with Crippen molar-refractivity contribution in [3.8, 4) is 17.2 Å². The second-order valence-corrected chi connectivity index (χ2v) is 7.23. The molecule has 1 N–H and O–H groups in total. The molecule has 156 valence electrons. The fraction of sp³-hybridized carbons (Fsp3) is 0.0833. The average Bonchev–Trinajstić information content (AvgIpc) is 2.77. The molecule has 0 saturated heterocycles. The largest absolute Gasteiger partial charge is 0.484 e. The second kappa shape index (κ2) is 8.93. The van der Waals surface area contributed by atoms with E-state index in [-0.39, 0.29) is 23.7 Å². The van der Waals surface area contributed by atoms with Gasteiger partial charge in [-0.05, 0) is 43.3 Å². The molecule has 1 heterocycles. The highest BCUT2D eigenvalue weighted by Gasteiger charge is 2.12. The van der Waals surface area contributed by atoms with E-state index in [0.29, 0.717) is 33.2 Å². The summed E-state index contributed by atoms with van der Waals surface area (Å²) in [7, 11) is 0. The lowest BCUT2D eigenvalue weighted by Gasteiger charge is -2.09. The molecular formula is C24H18ClNO5. The van der Waals surface area contributed by atoms with Gasteiger partial charge in [0.2, 0.25) is 11.2 Å². The van der Waals surface area contributed by atoms with Gasteiger partial charge in [0.25, 0.3) is 5.91 Å². The molecule has 0 aliphatic rings. The Hall–Kier alpha value is -3.77. The first-order valence-electron chi connectivity index (χ1n) is 9.47. The predicted molar refractivity (Wildman–Crippen MR) is 119 cm³/mol. The van der Waals surface area contributed by atoms with Crippen LogP contribution in [0.3, 0.4) is 0 Å². The quantitative estimate of drug-likeness (QED) is 0.428. The van der Waals surface area contributed by atoms with Crippen molar-refractivity contribution in [2.24, 2.45) is 0 Å². The van der Waals surface area contributed by atoms with Crippen LogP contribution in [0.2, 0.25) is 5.02 Å². The van der Waals surface area contributed by atoms with E-state index in [1.54, 1.807) is 42.5 Å². The lowest BCUT2D eigenvalue weighted by molar-refractivity contribution is -0.118. The van der Waals surface area contributed by atoms with E-state index in [0.717, 1.165) is 5.56 Å². The van der Waals surface area contributed by atoms with Crippen LogP contribution in [0.5, 0.6) is 17.2 Å². The molecule has 1 amide bonds. The van der Waals surface area contributed by atoms with Gasteiger partial charge < -0.3 is 19.2 Å². The van der Waals surface area contributed by atoms with E-state index in [1.165, 1.54) is 6.26 Å². The number of amides is 1. The standard InChI is InChI=1S/C24H18ClNO5/c1-15-6-8-16(9-7-15)26-23(27)14-29-17-10-11-18-21(12-17)30-13-22(24(18)28)31-20-5-3-2-4-19(20)25/h2-13H,14H2,1H3,(H,26,27). The van der Waals surface area contributed by atoms with Crippen LogP contribution in [0.25, 0.3) is 11.0 Å².